The topological polar surface area (TPSA) is 61.4 Å². The second-order valence-corrected chi connectivity index (χ2v) is 6.60. The summed E-state index contributed by atoms with van der Waals surface area (Å²) in [4.78, 5) is 27.2. The van der Waals surface area contributed by atoms with Crippen LogP contribution in [-0.4, -0.2) is 55.7 Å². The van der Waals surface area contributed by atoms with Gasteiger partial charge in [-0.1, -0.05) is 12.1 Å². The van der Waals surface area contributed by atoms with Crippen molar-refractivity contribution in [2.24, 2.45) is 0 Å². The maximum absolute atomic E-state index is 12.3. The van der Waals surface area contributed by atoms with Gasteiger partial charge in [0.15, 0.2) is 0 Å². The Hall–Kier alpha value is -1.53. The largest absolute Gasteiger partial charge is 0.352 e. The van der Waals surface area contributed by atoms with Crippen LogP contribution in [0, 0.1) is 0 Å². The van der Waals surface area contributed by atoms with Crippen LogP contribution in [0.1, 0.15) is 29.6 Å². The van der Waals surface area contributed by atoms with Crippen molar-refractivity contribution in [1.82, 2.24) is 15.5 Å². The van der Waals surface area contributed by atoms with Gasteiger partial charge < -0.3 is 15.5 Å². The standard InChI is InChI=1S/C17H25N3O2S/c1-18-9-6-10-19-17(22)14-7-2-3-8-15(14)23-13-16(21)20-11-4-5-12-20/h2-3,7-8,18H,4-6,9-13H2,1H3,(H,19,22). The summed E-state index contributed by atoms with van der Waals surface area (Å²) < 4.78 is 0. The smallest absolute Gasteiger partial charge is 0.252 e. The monoisotopic (exact) mass is 335 g/mol. The third-order valence-electron chi connectivity index (χ3n) is 3.83. The second-order valence-electron chi connectivity index (χ2n) is 5.59. The molecule has 0 unspecified atom stereocenters. The molecular weight excluding hydrogens is 310 g/mol. The Morgan fingerprint density at radius 1 is 1.17 bits per heavy atom. The van der Waals surface area contributed by atoms with E-state index in [0.29, 0.717) is 17.9 Å². The van der Waals surface area contributed by atoms with E-state index < -0.39 is 0 Å². The van der Waals surface area contributed by atoms with Crippen LogP contribution in [0.4, 0.5) is 0 Å². The Morgan fingerprint density at radius 3 is 2.65 bits per heavy atom. The third-order valence-corrected chi connectivity index (χ3v) is 4.89. The highest BCUT2D eigenvalue weighted by Gasteiger charge is 2.19. The summed E-state index contributed by atoms with van der Waals surface area (Å²) in [5.41, 5.74) is 0.649. The van der Waals surface area contributed by atoms with Crippen molar-refractivity contribution in [3.63, 3.8) is 0 Å². The van der Waals surface area contributed by atoms with Crippen LogP contribution in [-0.2, 0) is 4.79 Å². The highest BCUT2D eigenvalue weighted by Crippen LogP contribution is 2.23. The van der Waals surface area contributed by atoms with Gasteiger partial charge in [-0.2, -0.15) is 0 Å². The van der Waals surface area contributed by atoms with Gasteiger partial charge in [0.25, 0.3) is 5.91 Å². The average molecular weight is 335 g/mol. The van der Waals surface area contributed by atoms with Gasteiger partial charge in [-0.15, -0.1) is 11.8 Å². The molecule has 1 aromatic carbocycles. The Balaban J connectivity index is 1.88. The van der Waals surface area contributed by atoms with E-state index in [4.69, 9.17) is 0 Å². The molecule has 0 aliphatic carbocycles. The van der Waals surface area contributed by atoms with Crippen LogP contribution in [0.5, 0.6) is 0 Å². The van der Waals surface area contributed by atoms with E-state index in [-0.39, 0.29) is 11.8 Å². The maximum Gasteiger partial charge on any atom is 0.252 e. The molecule has 1 aliphatic rings. The minimum atomic E-state index is -0.0715. The molecule has 0 atom stereocenters. The van der Waals surface area contributed by atoms with E-state index in [1.807, 2.05) is 36.2 Å². The van der Waals surface area contributed by atoms with Crippen LogP contribution in [0.25, 0.3) is 0 Å². The van der Waals surface area contributed by atoms with Gasteiger partial charge in [0, 0.05) is 24.5 Å². The molecule has 2 rings (SSSR count). The van der Waals surface area contributed by atoms with Gasteiger partial charge >= 0.3 is 0 Å². The SMILES string of the molecule is CNCCCNC(=O)c1ccccc1SCC(=O)N1CCCC1. The fraction of sp³-hybridized carbons (Fsp3) is 0.529. The van der Waals surface area contributed by atoms with Gasteiger partial charge in [-0.25, -0.2) is 0 Å². The van der Waals surface area contributed by atoms with E-state index in [1.165, 1.54) is 11.8 Å². The average Bonchev–Trinajstić information content (AvgIpc) is 3.11. The summed E-state index contributed by atoms with van der Waals surface area (Å²) in [5.74, 6) is 0.485. The van der Waals surface area contributed by atoms with Crippen molar-refractivity contribution in [3.05, 3.63) is 29.8 Å². The molecule has 0 radical (unpaired) electrons. The minimum Gasteiger partial charge on any atom is -0.352 e. The van der Waals surface area contributed by atoms with Gasteiger partial charge in [0.2, 0.25) is 5.91 Å². The molecule has 0 saturated carbocycles. The lowest BCUT2D eigenvalue weighted by Gasteiger charge is -2.15. The molecule has 23 heavy (non-hydrogen) atoms. The number of hydrogen-bond donors (Lipinski definition) is 2. The Bertz CT molecular complexity index is 530. The molecule has 2 amide bonds. The number of carbonyl (C=O) groups excluding carboxylic acids is 2. The summed E-state index contributed by atoms with van der Waals surface area (Å²) >= 11 is 1.45. The van der Waals surface area contributed by atoms with Crippen LogP contribution >= 0.6 is 11.8 Å². The molecule has 5 nitrogen and oxygen atoms in total. The molecule has 6 heteroatoms. The molecule has 0 bridgehead atoms. The van der Waals surface area contributed by atoms with Crippen molar-refractivity contribution in [1.29, 1.82) is 0 Å². The highest BCUT2D eigenvalue weighted by molar-refractivity contribution is 8.00. The minimum absolute atomic E-state index is 0.0715. The summed E-state index contributed by atoms with van der Waals surface area (Å²) in [7, 11) is 1.89. The lowest BCUT2D eigenvalue weighted by Crippen LogP contribution is -2.29. The number of carbonyl (C=O) groups is 2. The predicted octanol–water partition coefficient (Wildman–Crippen LogP) is 1.74. The number of likely N-dealkylation sites (tertiary alicyclic amines) is 1. The molecule has 0 spiro atoms. The Morgan fingerprint density at radius 2 is 1.91 bits per heavy atom. The van der Waals surface area contributed by atoms with Crippen LogP contribution in [0.2, 0.25) is 0 Å². The second kappa shape index (κ2) is 9.57. The zero-order chi connectivity index (χ0) is 16.5. The molecule has 2 N–H and O–H groups in total. The summed E-state index contributed by atoms with van der Waals surface area (Å²) in [6.07, 6.45) is 3.09. The molecule has 1 saturated heterocycles. The molecule has 1 heterocycles. The normalized spacial score (nSPS) is 14.0. The lowest BCUT2D eigenvalue weighted by molar-refractivity contribution is -0.127. The Kier molecular flexibility index (Phi) is 7.42. The summed E-state index contributed by atoms with van der Waals surface area (Å²) in [5, 5.41) is 5.98. The molecule has 1 aromatic rings. The van der Waals surface area contributed by atoms with E-state index in [1.54, 1.807) is 0 Å². The first-order valence-electron chi connectivity index (χ1n) is 8.15. The maximum atomic E-state index is 12.3. The van der Waals surface area contributed by atoms with E-state index >= 15 is 0 Å². The lowest BCUT2D eigenvalue weighted by atomic mass is 10.2. The molecule has 126 valence electrons. The predicted molar refractivity (Wildman–Crippen MR) is 93.9 cm³/mol. The van der Waals surface area contributed by atoms with Crippen molar-refractivity contribution >= 4 is 23.6 Å². The van der Waals surface area contributed by atoms with Crippen LogP contribution in [0.3, 0.4) is 0 Å². The first-order valence-corrected chi connectivity index (χ1v) is 9.13. The number of nitrogens with one attached hydrogen (secondary N) is 2. The van der Waals surface area contributed by atoms with Crippen molar-refractivity contribution in [2.45, 2.75) is 24.2 Å². The molecular formula is C17H25N3O2S. The quantitative estimate of drug-likeness (QED) is 0.561. The van der Waals surface area contributed by atoms with Crippen LogP contribution in [0.15, 0.2) is 29.2 Å². The van der Waals surface area contributed by atoms with Gasteiger partial charge in [-0.3, -0.25) is 9.59 Å². The zero-order valence-electron chi connectivity index (χ0n) is 13.6. The number of nitrogens with zero attached hydrogens (tertiary/aromatic N) is 1. The van der Waals surface area contributed by atoms with Gasteiger partial charge in [0.05, 0.1) is 11.3 Å². The highest BCUT2D eigenvalue weighted by atomic mass is 32.2. The number of amides is 2. The molecule has 1 aliphatic heterocycles. The fourth-order valence-electron chi connectivity index (χ4n) is 2.54. The first kappa shape index (κ1) is 17.8. The number of benzene rings is 1. The molecule has 1 fully saturated rings. The zero-order valence-corrected chi connectivity index (χ0v) is 14.5. The molecule has 0 aromatic heterocycles. The first-order chi connectivity index (χ1) is 11.2. The number of thioether (sulfide) groups is 1. The van der Waals surface area contributed by atoms with Crippen molar-refractivity contribution in [3.8, 4) is 0 Å². The van der Waals surface area contributed by atoms with E-state index in [0.717, 1.165) is 43.8 Å². The summed E-state index contributed by atoms with van der Waals surface area (Å²) in [6.45, 7) is 3.26. The number of rotatable bonds is 8. The van der Waals surface area contributed by atoms with Crippen molar-refractivity contribution in [2.75, 3.05) is 39.0 Å². The number of hydrogen-bond acceptors (Lipinski definition) is 4. The van der Waals surface area contributed by atoms with Gasteiger partial charge in [0.1, 0.15) is 0 Å². The van der Waals surface area contributed by atoms with Crippen molar-refractivity contribution < 1.29 is 9.59 Å². The van der Waals surface area contributed by atoms with Gasteiger partial charge in [-0.05, 0) is 45.0 Å². The van der Waals surface area contributed by atoms with E-state index in [2.05, 4.69) is 10.6 Å². The Labute approximate surface area is 142 Å². The fourth-order valence-corrected chi connectivity index (χ4v) is 3.49. The third kappa shape index (κ3) is 5.55. The summed E-state index contributed by atoms with van der Waals surface area (Å²) in [6, 6.07) is 7.48. The van der Waals surface area contributed by atoms with E-state index in [9.17, 15) is 9.59 Å². The van der Waals surface area contributed by atoms with Crippen LogP contribution < -0.4 is 10.6 Å².